The lowest BCUT2D eigenvalue weighted by molar-refractivity contribution is 0.0379. The number of hydrogen-bond acceptors (Lipinski definition) is 3. The van der Waals surface area contributed by atoms with Crippen molar-refractivity contribution in [3.8, 4) is 0 Å². The van der Waals surface area contributed by atoms with E-state index < -0.39 is 5.60 Å². The molecule has 18 heavy (non-hydrogen) atoms. The summed E-state index contributed by atoms with van der Waals surface area (Å²) >= 11 is 1.84. The van der Waals surface area contributed by atoms with E-state index in [1.54, 1.807) is 0 Å². The lowest BCUT2D eigenvalue weighted by Gasteiger charge is -2.31. The van der Waals surface area contributed by atoms with Crippen molar-refractivity contribution >= 4 is 11.3 Å². The van der Waals surface area contributed by atoms with Crippen molar-refractivity contribution in [1.82, 2.24) is 5.32 Å². The molecule has 0 saturated carbocycles. The van der Waals surface area contributed by atoms with Gasteiger partial charge in [-0.15, -0.1) is 11.3 Å². The SMILES string of the molecule is CCc1ccc(CC(C)(O)CC2CCCCN2)s1. The van der Waals surface area contributed by atoms with Gasteiger partial charge in [0.1, 0.15) is 0 Å². The Labute approximate surface area is 114 Å². The molecule has 2 heterocycles. The van der Waals surface area contributed by atoms with E-state index in [1.807, 2.05) is 18.3 Å². The summed E-state index contributed by atoms with van der Waals surface area (Å²) in [5.41, 5.74) is -0.579. The molecule has 0 spiro atoms. The molecule has 0 amide bonds. The summed E-state index contributed by atoms with van der Waals surface area (Å²) in [5, 5.41) is 14.1. The zero-order valence-electron chi connectivity index (χ0n) is 11.5. The van der Waals surface area contributed by atoms with Crippen LogP contribution in [0.5, 0.6) is 0 Å². The quantitative estimate of drug-likeness (QED) is 0.859. The lowest BCUT2D eigenvalue weighted by Crippen LogP contribution is -2.41. The fourth-order valence-corrected chi connectivity index (χ4v) is 3.92. The smallest absolute Gasteiger partial charge is 0.0682 e. The monoisotopic (exact) mass is 267 g/mol. The molecule has 2 nitrogen and oxygen atoms in total. The van der Waals surface area contributed by atoms with E-state index in [9.17, 15) is 5.11 Å². The molecule has 1 aliphatic heterocycles. The van der Waals surface area contributed by atoms with Crippen LogP contribution < -0.4 is 5.32 Å². The highest BCUT2D eigenvalue weighted by atomic mass is 32.1. The third-order valence-corrected chi connectivity index (χ3v) is 4.95. The van der Waals surface area contributed by atoms with Gasteiger partial charge in [0.15, 0.2) is 0 Å². The molecule has 1 aromatic heterocycles. The minimum Gasteiger partial charge on any atom is -0.390 e. The van der Waals surface area contributed by atoms with Gasteiger partial charge in [-0.25, -0.2) is 0 Å². The molecule has 0 aliphatic carbocycles. The number of thiophene rings is 1. The van der Waals surface area contributed by atoms with E-state index >= 15 is 0 Å². The van der Waals surface area contributed by atoms with E-state index in [1.165, 1.54) is 29.0 Å². The number of rotatable bonds is 5. The van der Waals surface area contributed by atoms with E-state index in [0.717, 1.165) is 25.8 Å². The molecule has 2 rings (SSSR count). The molecule has 2 atom stereocenters. The van der Waals surface area contributed by atoms with E-state index in [-0.39, 0.29) is 0 Å². The Kier molecular flexibility index (Phi) is 4.82. The third kappa shape index (κ3) is 4.08. The Bertz CT molecular complexity index is 366. The van der Waals surface area contributed by atoms with Gasteiger partial charge in [0.25, 0.3) is 0 Å². The number of aliphatic hydroxyl groups is 1. The van der Waals surface area contributed by atoms with E-state index in [0.29, 0.717) is 6.04 Å². The van der Waals surface area contributed by atoms with Crippen LogP contribution in [0.25, 0.3) is 0 Å². The van der Waals surface area contributed by atoms with Gasteiger partial charge in [0.05, 0.1) is 5.60 Å². The van der Waals surface area contributed by atoms with E-state index in [2.05, 4.69) is 24.4 Å². The molecule has 2 N–H and O–H groups in total. The highest BCUT2D eigenvalue weighted by Gasteiger charge is 2.27. The van der Waals surface area contributed by atoms with Crippen molar-refractivity contribution in [3.63, 3.8) is 0 Å². The minimum atomic E-state index is -0.579. The Balaban J connectivity index is 1.89. The number of aryl methyl sites for hydroxylation is 1. The largest absolute Gasteiger partial charge is 0.390 e. The maximum Gasteiger partial charge on any atom is 0.0682 e. The number of piperidine rings is 1. The summed E-state index contributed by atoms with van der Waals surface area (Å²) in [6.07, 6.45) is 6.54. The normalized spacial score (nSPS) is 23.8. The van der Waals surface area contributed by atoms with Crippen molar-refractivity contribution in [1.29, 1.82) is 0 Å². The first-order chi connectivity index (χ1) is 8.59. The van der Waals surface area contributed by atoms with Gasteiger partial charge in [-0.3, -0.25) is 0 Å². The van der Waals surface area contributed by atoms with Crippen molar-refractivity contribution < 1.29 is 5.11 Å². The van der Waals surface area contributed by atoms with Crippen LogP contribution in [-0.4, -0.2) is 23.3 Å². The summed E-state index contributed by atoms with van der Waals surface area (Å²) in [4.78, 5) is 2.73. The first-order valence-corrected chi connectivity index (χ1v) is 7.94. The first-order valence-electron chi connectivity index (χ1n) is 7.12. The lowest BCUT2D eigenvalue weighted by atomic mass is 9.89. The average molecular weight is 267 g/mol. The van der Waals surface area contributed by atoms with Gasteiger partial charge in [-0.05, 0) is 51.3 Å². The Morgan fingerprint density at radius 2 is 2.17 bits per heavy atom. The van der Waals surface area contributed by atoms with E-state index in [4.69, 9.17) is 0 Å². The van der Waals surface area contributed by atoms with Crippen LogP contribution in [0.4, 0.5) is 0 Å². The number of hydrogen-bond donors (Lipinski definition) is 2. The van der Waals surface area contributed by atoms with Crippen molar-refractivity contribution in [2.45, 2.75) is 64.0 Å². The zero-order chi connectivity index (χ0) is 13.0. The maximum absolute atomic E-state index is 10.6. The summed E-state index contributed by atoms with van der Waals surface area (Å²) in [6.45, 7) is 5.27. The second kappa shape index (κ2) is 6.18. The zero-order valence-corrected chi connectivity index (χ0v) is 12.4. The average Bonchev–Trinajstić information content (AvgIpc) is 2.76. The molecular weight excluding hydrogens is 242 g/mol. The van der Waals surface area contributed by atoms with Crippen LogP contribution in [0, 0.1) is 0 Å². The predicted octanol–water partition coefficient (Wildman–Crippen LogP) is 3.14. The third-order valence-electron chi connectivity index (χ3n) is 3.72. The summed E-state index contributed by atoms with van der Waals surface area (Å²) in [6, 6.07) is 4.86. The van der Waals surface area contributed by atoms with Crippen molar-refractivity contribution in [3.05, 3.63) is 21.9 Å². The fourth-order valence-electron chi connectivity index (χ4n) is 2.78. The standard InChI is InChI=1S/C15H25NOS/c1-3-13-7-8-14(18-13)11-15(2,17)10-12-6-4-5-9-16-12/h7-8,12,16-17H,3-6,9-11H2,1-2H3. The Morgan fingerprint density at radius 1 is 1.39 bits per heavy atom. The van der Waals surface area contributed by atoms with Crippen molar-refractivity contribution in [2.24, 2.45) is 0 Å². The molecule has 3 heteroatoms. The van der Waals surface area contributed by atoms with Gasteiger partial charge in [-0.1, -0.05) is 13.3 Å². The molecule has 1 aromatic rings. The first kappa shape index (κ1) is 14.0. The minimum absolute atomic E-state index is 0.499. The van der Waals surface area contributed by atoms with Crippen LogP contribution in [0.15, 0.2) is 12.1 Å². The molecule has 0 aromatic carbocycles. The molecule has 102 valence electrons. The number of nitrogens with one attached hydrogen (secondary N) is 1. The molecule has 0 bridgehead atoms. The second-order valence-electron chi connectivity index (χ2n) is 5.75. The topological polar surface area (TPSA) is 32.3 Å². The fraction of sp³-hybridized carbons (Fsp3) is 0.733. The molecule has 1 saturated heterocycles. The van der Waals surface area contributed by atoms with Crippen LogP contribution >= 0.6 is 11.3 Å². The Morgan fingerprint density at radius 3 is 2.78 bits per heavy atom. The highest BCUT2D eigenvalue weighted by Crippen LogP contribution is 2.26. The summed E-state index contributed by atoms with van der Waals surface area (Å²) < 4.78 is 0. The van der Waals surface area contributed by atoms with Crippen LogP contribution in [0.1, 0.15) is 49.3 Å². The van der Waals surface area contributed by atoms with Gasteiger partial charge < -0.3 is 10.4 Å². The predicted molar refractivity (Wildman–Crippen MR) is 78.3 cm³/mol. The van der Waals surface area contributed by atoms with Gasteiger partial charge in [0, 0.05) is 22.2 Å². The van der Waals surface area contributed by atoms with Gasteiger partial charge >= 0.3 is 0 Å². The summed E-state index contributed by atoms with van der Waals surface area (Å²) in [7, 11) is 0. The molecule has 2 unspecified atom stereocenters. The molecule has 1 aliphatic rings. The van der Waals surface area contributed by atoms with Crippen LogP contribution in [0.2, 0.25) is 0 Å². The maximum atomic E-state index is 10.6. The molecular formula is C15H25NOS. The molecule has 1 fully saturated rings. The Hall–Kier alpha value is -0.380. The van der Waals surface area contributed by atoms with Crippen LogP contribution in [-0.2, 0) is 12.8 Å². The van der Waals surface area contributed by atoms with Crippen LogP contribution in [0.3, 0.4) is 0 Å². The second-order valence-corrected chi connectivity index (χ2v) is 7.00. The van der Waals surface area contributed by atoms with Gasteiger partial charge in [0.2, 0.25) is 0 Å². The van der Waals surface area contributed by atoms with Gasteiger partial charge in [-0.2, -0.15) is 0 Å². The molecule has 0 radical (unpaired) electrons. The van der Waals surface area contributed by atoms with Crippen molar-refractivity contribution in [2.75, 3.05) is 6.54 Å². The highest BCUT2D eigenvalue weighted by molar-refractivity contribution is 7.12. The summed E-state index contributed by atoms with van der Waals surface area (Å²) in [5.74, 6) is 0.